The molecule has 6 heteroatoms. The van der Waals surface area contributed by atoms with Gasteiger partial charge in [0.05, 0.1) is 6.54 Å². The monoisotopic (exact) mass is 228 g/mol. The van der Waals surface area contributed by atoms with Crippen LogP contribution in [0.4, 0.5) is 0 Å². The highest BCUT2D eigenvalue weighted by molar-refractivity contribution is 5.87. The number of esters is 1. The van der Waals surface area contributed by atoms with Crippen molar-refractivity contribution >= 4 is 17.8 Å². The van der Waals surface area contributed by atoms with E-state index < -0.39 is 12.0 Å². The molecule has 2 amide bonds. The smallest absolute Gasteiger partial charge is 0.302 e. The van der Waals surface area contributed by atoms with Gasteiger partial charge in [0, 0.05) is 27.3 Å². The molecule has 0 spiro atoms. The van der Waals surface area contributed by atoms with Crippen LogP contribution in [0.5, 0.6) is 0 Å². The van der Waals surface area contributed by atoms with Crippen LogP contribution in [0.3, 0.4) is 0 Å². The van der Waals surface area contributed by atoms with Crippen molar-refractivity contribution in [3.63, 3.8) is 0 Å². The summed E-state index contributed by atoms with van der Waals surface area (Å²) < 4.78 is 5.00. The van der Waals surface area contributed by atoms with Crippen molar-refractivity contribution in [3.8, 4) is 0 Å². The van der Waals surface area contributed by atoms with E-state index in [0.717, 1.165) is 0 Å². The van der Waals surface area contributed by atoms with E-state index in [1.165, 1.54) is 25.8 Å². The zero-order chi connectivity index (χ0) is 12.3. The minimum absolute atomic E-state index is 0.191. The Morgan fingerprint density at radius 2 is 1.94 bits per heavy atom. The number of carbonyl (C=O) groups is 3. The molecule has 16 heavy (non-hydrogen) atoms. The summed E-state index contributed by atoms with van der Waals surface area (Å²) in [5, 5.41) is 2.49. The highest BCUT2D eigenvalue weighted by Crippen LogP contribution is 2.20. The molecule has 1 aliphatic heterocycles. The summed E-state index contributed by atoms with van der Waals surface area (Å²) in [5.41, 5.74) is 0. The summed E-state index contributed by atoms with van der Waals surface area (Å²) in [6, 6.07) is -0.535. The van der Waals surface area contributed by atoms with E-state index in [-0.39, 0.29) is 24.5 Å². The fourth-order valence-corrected chi connectivity index (χ4v) is 1.88. The maximum atomic E-state index is 11.5. The first-order chi connectivity index (χ1) is 7.45. The van der Waals surface area contributed by atoms with E-state index in [0.29, 0.717) is 6.42 Å². The molecule has 1 aliphatic rings. The van der Waals surface area contributed by atoms with Crippen molar-refractivity contribution in [2.45, 2.75) is 32.4 Å². The molecule has 0 aromatic heterocycles. The van der Waals surface area contributed by atoms with Crippen LogP contribution in [0, 0.1) is 0 Å². The van der Waals surface area contributed by atoms with Gasteiger partial charge in [-0.3, -0.25) is 14.4 Å². The van der Waals surface area contributed by atoms with E-state index in [4.69, 9.17) is 4.74 Å². The minimum atomic E-state index is -0.535. The van der Waals surface area contributed by atoms with Crippen LogP contribution in [0.2, 0.25) is 0 Å². The minimum Gasteiger partial charge on any atom is -0.461 e. The molecule has 1 fully saturated rings. The molecule has 1 saturated heterocycles. The van der Waals surface area contributed by atoms with Crippen molar-refractivity contribution in [2.24, 2.45) is 0 Å². The Hall–Kier alpha value is -1.59. The lowest BCUT2D eigenvalue weighted by atomic mass is 10.2. The van der Waals surface area contributed by atoms with E-state index in [1.54, 1.807) is 0 Å². The zero-order valence-corrected chi connectivity index (χ0v) is 9.65. The van der Waals surface area contributed by atoms with Gasteiger partial charge >= 0.3 is 5.97 Å². The molecule has 0 aromatic carbocycles. The number of hydrogen-bond acceptors (Lipinski definition) is 4. The molecule has 0 unspecified atom stereocenters. The molecule has 0 aromatic rings. The first-order valence-corrected chi connectivity index (χ1v) is 5.11. The van der Waals surface area contributed by atoms with Crippen molar-refractivity contribution in [3.05, 3.63) is 0 Å². The van der Waals surface area contributed by atoms with Gasteiger partial charge in [0.2, 0.25) is 11.8 Å². The predicted octanol–water partition coefficient (Wildman–Crippen LogP) is -0.715. The third kappa shape index (κ3) is 2.71. The van der Waals surface area contributed by atoms with Crippen molar-refractivity contribution < 1.29 is 19.1 Å². The number of nitrogens with one attached hydrogen (secondary N) is 1. The van der Waals surface area contributed by atoms with Gasteiger partial charge in [0.1, 0.15) is 12.1 Å². The van der Waals surface area contributed by atoms with Crippen molar-refractivity contribution in [2.75, 3.05) is 13.6 Å². The molecule has 1 heterocycles. The molecule has 1 N–H and O–H groups in total. The largest absolute Gasteiger partial charge is 0.461 e. The SMILES string of the molecule is CNC(=O)[C@@H]1C[C@H](OC(C)=O)CN1C(C)=O. The van der Waals surface area contributed by atoms with E-state index in [2.05, 4.69) is 5.32 Å². The quantitative estimate of drug-likeness (QED) is 0.633. The lowest BCUT2D eigenvalue weighted by molar-refractivity contribution is -0.146. The first-order valence-electron chi connectivity index (χ1n) is 5.11. The average Bonchev–Trinajstić information content (AvgIpc) is 2.59. The number of amides is 2. The third-order valence-electron chi connectivity index (χ3n) is 2.55. The van der Waals surface area contributed by atoms with Gasteiger partial charge < -0.3 is 15.0 Å². The summed E-state index contributed by atoms with van der Waals surface area (Å²) in [6.45, 7) is 2.99. The summed E-state index contributed by atoms with van der Waals surface area (Å²) in [7, 11) is 1.51. The number of rotatable bonds is 2. The van der Waals surface area contributed by atoms with Crippen LogP contribution >= 0.6 is 0 Å². The lowest BCUT2D eigenvalue weighted by Crippen LogP contribution is -2.44. The predicted molar refractivity (Wildman–Crippen MR) is 55.4 cm³/mol. The topological polar surface area (TPSA) is 75.7 Å². The summed E-state index contributed by atoms with van der Waals surface area (Å²) in [6.07, 6.45) is -0.0255. The molecule has 6 nitrogen and oxygen atoms in total. The van der Waals surface area contributed by atoms with Crippen molar-refractivity contribution in [1.82, 2.24) is 10.2 Å². The van der Waals surface area contributed by atoms with Crippen LogP contribution in [0.15, 0.2) is 0 Å². The Kier molecular flexibility index (Phi) is 3.87. The molecule has 2 atom stereocenters. The maximum absolute atomic E-state index is 11.5. The van der Waals surface area contributed by atoms with Crippen LogP contribution in [0.1, 0.15) is 20.3 Å². The Morgan fingerprint density at radius 1 is 1.31 bits per heavy atom. The standard InChI is InChI=1S/C10H16N2O4/c1-6(13)12-5-8(16-7(2)14)4-9(12)10(15)11-3/h8-9H,4-5H2,1-3H3,(H,11,15)/t8-,9-/m0/s1. The van der Waals surface area contributed by atoms with E-state index >= 15 is 0 Å². The van der Waals surface area contributed by atoms with Crippen LogP contribution in [-0.4, -0.2) is 48.4 Å². The molecule has 0 radical (unpaired) electrons. The third-order valence-corrected chi connectivity index (χ3v) is 2.55. The number of carbonyl (C=O) groups excluding carboxylic acids is 3. The van der Waals surface area contributed by atoms with Gasteiger partial charge in [-0.15, -0.1) is 0 Å². The number of likely N-dealkylation sites (N-methyl/N-ethyl adjacent to an activating group) is 1. The molecule has 0 aliphatic carbocycles. The highest BCUT2D eigenvalue weighted by atomic mass is 16.5. The molecule has 0 saturated carbocycles. The van der Waals surface area contributed by atoms with Crippen LogP contribution in [-0.2, 0) is 19.1 Å². The second-order valence-corrected chi connectivity index (χ2v) is 3.77. The normalized spacial score (nSPS) is 24.1. The Balaban J connectivity index is 2.71. The lowest BCUT2D eigenvalue weighted by Gasteiger charge is -2.20. The van der Waals surface area contributed by atoms with Crippen molar-refractivity contribution in [1.29, 1.82) is 0 Å². The van der Waals surface area contributed by atoms with Gasteiger partial charge in [0.25, 0.3) is 0 Å². The average molecular weight is 228 g/mol. The van der Waals surface area contributed by atoms with E-state index in [9.17, 15) is 14.4 Å². The van der Waals surface area contributed by atoms with Gasteiger partial charge in [-0.05, 0) is 0 Å². The first kappa shape index (κ1) is 12.5. The van der Waals surface area contributed by atoms with Crippen LogP contribution in [0.25, 0.3) is 0 Å². The summed E-state index contributed by atoms with van der Waals surface area (Å²) >= 11 is 0. The van der Waals surface area contributed by atoms with Gasteiger partial charge in [0.15, 0.2) is 0 Å². The van der Waals surface area contributed by atoms with Gasteiger partial charge in [-0.1, -0.05) is 0 Å². The highest BCUT2D eigenvalue weighted by Gasteiger charge is 2.39. The molecular formula is C10H16N2O4. The molecule has 0 bridgehead atoms. The Bertz CT molecular complexity index is 316. The zero-order valence-electron chi connectivity index (χ0n) is 9.65. The van der Waals surface area contributed by atoms with Crippen LogP contribution < -0.4 is 5.32 Å². The summed E-state index contributed by atoms with van der Waals surface area (Å²) in [4.78, 5) is 35.0. The molecule has 1 rings (SSSR count). The van der Waals surface area contributed by atoms with Gasteiger partial charge in [-0.2, -0.15) is 0 Å². The number of likely N-dealkylation sites (tertiary alicyclic amines) is 1. The fourth-order valence-electron chi connectivity index (χ4n) is 1.88. The van der Waals surface area contributed by atoms with E-state index in [1.807, 2.05) is 0 Å². The Morgan fingerprint density at radius 3 is 2.38 bits per heavy atom. The Labute approximate surface area is 93.9 Å². The molecule has 90 valence electrons. The second-order valence-electron chi connectivity index (χ2n) is 3.77. The second kappa shape index (κ2) is 4.96. The maximum Gasteiger partial charge on any atom is 0.302 e. The number of hydrogen-bond donors (Lipinski definition) is 1. The number of nitrogens with zero attached hydrogens (tertiary/aromatic N) is 1. The number of ether oxygens (including phenoxy) is 1. The van der Waals surface area contributed by atoms with Gasteiger partial charge in [-0.25, -0.2) is 0 Å². The summed E-state index contributed by atoms with van der Waals surface area (Å²) in [5.74, 6) is -0.820. The fraction of sp³-hybridized carbons (Fsp3) is 0.700. The molecular weight excluding hydrogens is 212 g/mol.